The lowest BCUT2D eigenvalue weighted by atomic mass is 9.87. The maximum absolute atomic E-state index is 14.3. The zero-order valence-electron chi connectivity index (χ0n) is 16.4. The predicted octanol–water partition coefficient (Wildman–Crippen LogP) is 6.08. The van der Waals surface area contributed by atoms with Crippen LogP contribution in [0.3, 0.4) is 0 Å². The van der Waals surface area contributed by atoms with Crippen LogP contribution in [0.15, 0.2) is 41.3 Å². The van der Waals surface area contributed by atoms with Gasteiger partial charge in [-0.2, -0.15) is 0 Å². The number of rotatable bonds is 6. The van der Waals surface area contributed by atoms with E-state index in [1.165, 1.54) is 55.3 Å². The molecule has 0 saturated heterocycles. The quantitative estimate of drug-likeness (QED) is 0.538. The number of hydrogen-bond donors (Lipinski definition) is 1. The summed E-state index contributed by atoms with van der Waals surface area (Å²) in [5.41, 5.74) is 0.660. The summed E-state index contributed by atoms with van der Waals surface area (Å²) in [6.45, 7) is 0. The van der Waals surface area contributed by atoms with Gasteiger partial charge >= 0.3 is 5.97 Å². The van der Waals surface area contributed by atoms with Crippen molar-refractivity contribution >= 4 is 40.9 Å². The number of nitrogens with one attached hydrogen (secondary N) is 1. The second-order valence-corrected chi connectivity index (χ2v) is 9.02. The summed E-state index contributed by atoms with van der Waals surface area (Å²) < 4.78 is 32.3. The fraction of sp³-hybridized carbons (Fsp3) is 0.364. The molecule has 0 atom stereocenters. The number of carbonyl (C=O) groups excluding carboxylic acids is 2. The van der Waals surface area contributed by atoms with Gasteiger partial charge < -0.3 is 10.1 Å². The Labute approximate surface area is 183 Å². The first-order valence-corrected chi connectivity index (χ1v) is 10.9. The van der Waals surface area contributed by atoms with Gasteiger partial charge in [0.2, 0.25) is 0 Å². The fourth-order valence-electron chi connectivity index (χ4n) is 3.46. The van der Waals surface area contributed by atoms with Gasteiger partial charge in [0.05, 0.1) is 12.1 Å². The van der Waals surface area contributed by atoms with Gasteiger partial charge in [-0.25, -0.2) is 8.78 Å². The normalized spacial score (nSPS) is 18.7. The highest BCUT2D eigenvalue weighted by atomic mass is 35.5. The van der Waals surface area contributed by atoms with Gasteiger partial charge in [-0.3, -0.25) is 9.59 Å². The molecule has 0 spiro atoms. The molecule has 0 bridgehead atoms. The molecule has 1 fully saturated rings. The van der Waals surface area contributed by atoms with Gasteiger partial charge in [-0.1, -0.05) is 11.6 Å². The van der Waals surface area contributed by atoms with E-state index in [0.717, 1.165) is 25.7 Å². The molecule has 1 saturated carbocycles. The summed E-state index contributed by atoms with van der Waals surface area (Å²) in [6, 6.07) is 8.11. The Morgan fingerprint density at radius 1 is 1.10 bits per heavy atom. The van der Waals surface area contributed by atoms with Crippen LogP contribution in [0.1, 0.15) is 42.5 Å². The maximum atomic E-state index is 14.3. The van der Waals surface area contributed by atoms with Crippen molar-refractivity contribution in [2.24, 2.45) is 5.92 Å². The highest BCUT2D eigenvalue weighted by molar-refractivity contribution is 8.00. The standard InChI is InChI=1S/C22H22ClF2NO3S/c1-29-21(27)10-13-2-6-16(7-3-13)30-20-11-14(4-8-19(20)25)22(28)26-15-5-9-18(24)17(23)12-15/h4-5,8-9,11-13,16H,2-3,6-7,10H2,1H3,(H,26,28). The van der Waals surface area contributed by atoms with E-state index in [1.807, 2.05) is 0 Å². The third-order valence-electron chi connectivity index (χ3n) is 5.14. The number of hydrogen-bond acceptors (Lipinski definition) is 4. The van der Waals surface area contributed by atoms with E-state index in [1.54, 1.807) is 0 Å². The lowest BCUT2D eigenvalue weighted by Crippen LogP contribution is -2.19. The number of anilines is 1. The number of halogens is 3. The minimum absolute atomic E-state index is 0.0917. The summed E-state index contributed by atoms with van der Waals surface area (Å²) in [7, 11) is 1.39. The molecular weight excluding hydrogens is 432 g/mol. The van der Waals surface area contributed by atoms with Crippen molar-refractivity contribution in [2.75, 3.05) is 12.4 Å². The second kappa shape index (κ2) is 10.3. The minimum Gasteiger partial charge on any atom is -0.469 e. The molecule has 1 N–H and O–H groups in total. The summed E-state index contributed by atoms with van der Waals surface area (Å²) >= 11 is 7.16. The van der Waals surface area contributed by atoms with Gasteiger partial charge in [0.15, 0.2) is 0 Å². The summed E-state index contributed by atoms with van der Waals surface area (Å²) in [5, 5.41) is 2.77. The van der Waals surface area contributed by atoms with E-state index in [0.29, 0.717) is 28.5 Å². The molecule has 30 heavy (non-hydrogen) atoms. The Morgan fingerprint density at radius 2 is 1.80 bits per heavy atom. The van der Waals surface area contributed by atoms with Crippen LogP contribution >= 0.6 is 23.4 Å². The van der Waals surface area contributed by atoms with E-state index in [2.05, 4.69) is 5.32 Å². The predicted molar refractivity (Wildman–Crippen MR) is 114 cm³/mol. The Morgan fingerprint density at radius 3 is 2.47 bits per heavy atom. The molecule has 0 radical (unpaired) electrons. The van der Waals surface area contributed by atoms with Gasteiger partial charge in [-0.05, 0) is 68.0 Å². The monoisotopic (exact) mass is 453 g/mol. The molecule has 8 heteroatoms. The van der Waals surface area contributed by atoms with Crippen LogP contribution in [0.2, 0.25) is 5.02 Å². The van der Waals surface area contributed by atoms with Crippen molar-refractivity contribution in [3.05, 3.63) is 58.6 Å². The zero-order chi connectivity index (χ0) is 21.7. The first kappa shape index (κ1) is 22.6. The first-order valence-electron chi connectivity index (χ1n) is 9.65. The minimum atomic E-state index is -0.573. The lowest BCUT2D eigenvalue weighted by Gasteiger charge is -2.27. The summed E-state index contributed by atoms with van der Waals surface area (Å²) in [4.78, 5) is 24.4. The van der Waals surface area contributed by atoms with Crippen LogP contribution in [0.25, 0.3) is 0 Å². The molecule has 2 aromatic rings. The molecular formula is C22H22ClF2NO3S. The average molecular weight is 454 g/mol. The maximum Gasteiger partial charge on any atom is 0.305 e. The fourth-order valence-corrected chi connectivity index (χ4v) is 4.89. The number of benzene rings is 2. The summed E-state index contributed by atoms with van der Waals surface area (Å²) in [6.07, 6.45) is 3.94. The Kier molecular flexibility index (Phi) is 7.72. The van der Waals surface area contributed by atoms with Crippen LogP contribution < -0.4 is 5.32 Å². The Hall–Kier alpha value is -2.12. The molecule has 1 amide bonds. The molecule has 1 aliphatic carbocycles. The highest BCUT2D eigenvalue weighted by Gasteiger charge is 2.25. The number of ether oxygens (including phenoxy) is 1. The second-order valence-electron chi connectivity index (χ2n) is 7.27. The van der Waals surface area contributed by atoms with Crippen LogP contribution in [0, 0.1) is 17.6 Å². The van der Waals surface area contributed by atoms with E-state index < -0.39 is 11.7 Å². The van der Waals surface area contributed by atoms with Crippen molar-refractivity contribution in [2.45, 2.75) is 42.2 Å². The molecule has 160 valence electrons. The largest absolute Gasteiger partial charge is 0.469 e. The molecule has 1 aliphatic rings. The number of carbonyl (C=O) groups is 2. The average Bonchev–Trinajstić information content (AvgIpc) is 2.73. The number of thioether (sulfide) groups is 1. The Balaban J connectivity index is 1.62. The van der Waals surface area contributed by atoms with E-state index in [4.69, 9.17) is 16.3 Å². The van der Waals surface area contributed by atoms with Gasteiger partial charge in [0, 0.05) is 27.8 Å². The molecule has 0 unspecified atom stereocenters. The van der Waals surface area contributed by atoms with Crippen LogP contribution in [-0.4, -0.2) is 24.2 Å². The van der Waals surface area contributed by atoms with Gasteiger partial charge in [0.1, 0.15) is 11.6 Å². The molecule has 3 rings (SSSR count). The zero-order valence-corrected chi connectivity index (χ0v) is 18.0. The number of methoxy groups -OCH3 is 1. The third-order valence-corrected chi connectivity index (χ3v) is 6.80. The van der Waals surface area contributed by atoms with Gasteiger partial charge in [0.25, 0.3) is 5.91 Å². The van der Waals surface area contributed by atoms with Crippen LogP contribution in [0.4, 0.5) is 14.5 Å². The molecule has 0 heterocycles. The molecule has 2 aromatic carbocycles. The SMILES string of the molecule is COC(=O)CC1CCC(Sc2cc(C(=O)Nc3ccc(F)c(Cl)c3)ccc2F)CC1. The number of amides is 1. The van der Waals surface area contributed by atoms with E-state index >= 15 is 0 Å². The summed E-state index contributed by atoms with van der Waals surface area (Å²) in [5.74, 6) is -1.27. The molecule has 0 aliphatic heterocycles. The highest BCUT2D eigenvalue weighted by Crippen LogP contribution is 2.38. The van der Waals surface area contributed by atoms with Crippen molar-refractivity contribution in [1.29, 1.82) is 0 Å². The van der Waals surface area contributed by atoms with Crippen molar-refractivity contribution in [3.8, 4) is 0 Å². The van der Waals surface area contributed by atoms with E-state index in [-0.39, 0.29) is 22.1 Å². The van der Waals surface area contributed by atoms with Crippen LogP contribution in [0.5, 0.6) is 0 Å². The Bertz CT molecular complexity index is 933. The van der Waals surface area contributed by atoms with Crippen LogP contribution in [-0.2, 0) is 9.53 Å². The van der Waals surface area contributed by atoms with Crippen molar-refractivity contribution in [3.63, 3.8) is 0 Å². The van der Waals surface area contributed by atoms with Crippen molar-refractivity contribution in [1.82, 2.24) is 0 Å². The first-order chi connectivity index (χ1) is 14.4. The lowest BCUT2D eigenvalue weighted by molar-refractivity contribution is -0.141. The van der Waals surface area contributed by atoms with Gasteiger partial charge in [-0.15, -0.1) is 11.8 Å². The van der Waals surface area contributed by atoms with E-state index in [9.17, 15) is 18.4 Å². The molecule has 4 nitrogen and oxygen atoms in total. The van der Waals surface area contributed by atoms with Crippen molar-refractivity contribution < 1.29 is 23.1 Å². The topological polar surface area (TPSA) is 55.4 Å². The molecule has 0 aromatic heterocycles. The smallest absolute Gasteiger partial charge is 0.305 e. The third kappa shape index (κ3) is 5.95. The number of esters is 1.